The van der Waals surface area contributed by atoms with Crippen molar-refractivity contribution in [1.82, 2.24) is 0 Å². The fourth-order valence-electron chi connectivity index (χ4n) is 4.33. The molecule has 0 aliphatic heterocycles. The number of hydrogen-bond donors (Lipinski definition) is 2. The van der Waals surface area contributed by atoms with Crippen molar-refractivity contribution >= 4 is 66.4 Å². The number of carbonyl (C=O) groups excluding carboxylic acids is 2. The van der Waals surface area contributed by atoms with Crippen LogP contribution in [0, 0.1) is 11.8 Å². The first-order valence-electron chi connectivity index (χ1n) is 14.0. The van der Waals surface area contributed by atoms with Gasteiger partial charge in [0.25, 0.3) is 0 Å². The summed E-state index contributed by atoms with van der Waals surface area (Å²) in [7, 11) is 0. The van der Waals surface area contributed by atoms with Crippen molar-refractivity contribution in [3.63, 3.8) is 0 Å². The Bertz CT molecular complexity index is 1660. The van der Waals surface area contributed by atoms with Crippen LogP contribution in [0.1, 0.15) is 52.5 Å². The molecule has 4 rings (SSSR count). The Hall–Kier alpha value is -4.44. The molecule has 4 aromatic rings. The Morgan fingerprint density at radius 3 is 1.36 bits per heavy atom. The number of alkyl halides is 4. The number of thiophene rings is 2. The van der Waals surface area contributed by atoms with E-state index in [9.17, 15) is 36.7 Å². The van der Waals surface area contributed by atoms with Gasteiger partial charge in [-0.1, -0.05) is 13.8 Å². The molecule has 0 radical (unpaired) electrons. The van der Waals surface area contributed by atoms with E-state index in [0.717, 1.165) is 22.7 Å². The molecule has 0 bridgehead atoms. The van der Waals surface area contributed by atoms with E-state index < -0.39 is 48.6 Å². The van der Waals surface area contributed by atoms with Crippen molar-refractivity contribution in [2.75, 3.05) is 13.2 Å². The second-order valence-corrected chi connectivity index (χ2v) is 12.6. The third kappa shape index (κ3) is 9.32. The fraction of sp³-hybridized carbons (Fsp3) is 0.355. The van der Waals surface area contributed by atoms with Crippen molar-refractivity contribution in [1.29, 1.82) is 0 Å². The van der Waals surface area contributed by atoms with Crippen LogP contribution in [0.2, 0.25) is 0 Å². The highest BCUT2D eigenvalue weighted by molar-refractivity contribution is 7.21. The zero-order valence-corrected chi connectivity index (χ0v) is 26.4. The number of hydrogen-bond acceptors (Lipinski definition) is 10. The highest BCUT2D eigenvalue weighted by atomic mass is 32.1. The van der Waals surface area contributed by atoms with Crippen LogP contribution in [0.5, 0.6) is 23.0 Å². The number of aliphatic carboxylic acids is 2. The molecule has 252 valence electrons. The zero-order valence-electron chi connectivity index (χ0n) is 24.8. The molecule has 0 aliphatic carbocycles. The number of carboxylic acid groups (broad SMARTS) is 2. The standard InChI is InChI=1S/C31H28F4O10S2/c1-14(28(38)39)6-18(36)26-10-16-8-20(22(44-30(32)33)12-24(16)46-26)42-4-3-5-43-21-9-17-11-27(19(37)7-15(2)29(40)41)47-25(17)13-23(21)45-31(34)35/h8-15,30-31H,3-7H2,1-2H3,(H,38,39)(H,40,41)/t14-,15-/m0/s1. The summed E-state index contributed by atoms with van der Waals surface area (Å²) in [4.78, 5) is 47.8. The predicted octanol–water partition coefficient (Wildman–Crippen LogP) is 7.75. The monoisotopic (exact) mass is 700 g/mol. The summed E-state index contributed by atoms with van der Waals surface area (Å²) >= 11 is 2.00. The van der Waals surface area contributed by atoms with Crippen molar-refractivity contribution in [3.8, 4) is 23.0 Å². The lowest BCUT2D eigenvalue weighted by molar-refractivity contribution is -0.141. The van der Waals surface area contributed by atoms with Crippen LogP contribution in [0.3, 0.4) is 0 Å². The first kappa shape index (κ1) is 35.4. The molecule has 47 heavy (non-hydrogen) atoms. The minimum absolute atomic E-state index is 0.0515. The Labute approximate surface area is 272 Å². The number of benzene rings is 2. The normalized spacial score (nSPS) is 12.8. The van der Waals surface area contributed by atoms with Crippen LogP contribution in [0.15, 0.2) is 36.4 Å². The summed E-state index contributed by atoms with van der Waals surface area (Å²) in [5.41, 5.74) is 0. The smallest absolute Gasteiger partial charge is 0.387 e. The third-order valence-electron chi connectivity index (χ3n) is 6.78. The Morgan fingerprint density at radius 2 is 1.02 bits per heavy atom. The van der Waals surface area contributed by atoms with E-state index in [1.807, 2.05) is 0 Å². The van der Waals surface area contributed by atoms with Gasteiger partial charge in [0.15, 0.2) is 34.6 Å². The first-order chi connectivity index (χ1) is 22.2. The lowest BCUT2D eigenvalue weighted by Crippen LogP contribution is -2.13. The van der Waals surface area contributed by atoms with Gasteiger partial charge in [0.2, 0.25) is 0 Å². The molecule has 0 saturated heterocycles. The Morgan fingerprint density at radius 1 is 0.638 bits per heavy atom. The van der Waals surface area contributed by atoms with E-state index in [-0.39, 0.29) is 65.2 Å². The molecule has 0 unspecified atom stereocenters. The molecular weight excluding hydrogens is 672 g/mol. The van der Waals surface area contributed by atoms with Crippen LogP contribution in [-0.4, -0.2) is 60.2 Å². The number of ether oxygens (including phenoxy) is 4. The number of carboxylic acids is 2. The first-order valence-corrected chi connectivity index (χ1v) is 15.7. The predicted molar refractivity (Wildman–Crippen MR) is 164 cm³/mol. The molecule has 0 aliphatic rings. The van der Waals surface area contributed by atoms with Crippen molar-refractivity contribution in [2.24, 2.45) is 11.8 Å². The highest BCUT2D eigenvalue weighted by Gasteiger charge is 2.22. The van der Waals surface area contributed by atoms with Gasteiger partial charge in [-0.2, -0.15) is 17.6 Å². The summed E-state index contributed by atoms with van der Waals surface area (Å²) in [6, 6.07) is 8.43. The molecular formula is C31H28F4O10S2. The maximum atomic E-state index is 13.1. The average molecular weight is 701 g/mol. The average Bonchev–Trinajstić information content (AvgIpc) is 3.60. The van der Waals surface area contributed by atoms with Gasteiger partial charge in [-0.3, -0.25) is 19.2 Å². The molecule has 10 nitrogen and oxygen atoms in total. The summed E-state index contributed by atoms with van der Waals surface area (Å²) in [6.07, 6.45) is -0.319. The quantitative estimate of drug-likeness (QED) is 0.0600. The van der Waals surface area contributed by atoms with E-state index in [1.165, 1.54) is 50.2 Å². The Kier molecular flexibility index (Phi) is 11.6. The largest absolute Gasteiger partial charge is 0.490 e. The van der Waals surface area contributed by atoms with E-state index in [4.69, 9.17) is 19.7 Å². The number of Topliss-reactive ketones (excluding diaryl/α,β-unsaturated/α-hetero) is 2. The molecule has 2 N–H and O–H groups in total. The summed E-state index contributed by atoms with van der Waals surface area (Å²) < 4.78 is 74.0. The van der Waals surface area contributed by atoms with Crippen LogP contribution >= 0.6 is 22.7 Å². The van der Waals surface area contributed by atoms with Gasteiger partial charge in [0, 0.05) is 40.8 Å². The van der Waals surface area contributed by atoms with E-state index in [2.05, 4.69) is 9.47 Å². The fourth-order valence-corrected chi connectivity index (χ4v) is 6.37. The minimum atomic E-state index is -3.17. The third-order valence-corrected chi connectivity index (χ3v) is 9.05. The maximum Gasteiger partial charge on any atom is 0.387 e. The molecule has 16 heteroatoms. The minimum Gasteiger partial charge on any atom is -0.490 e. The molecule has 2 aromatic carbocycles. The molecule has 0 saturated carbocycles. The van der Waals surface area contributed by atoms with Gasteiger partial charge < -0.3 is 29.2 Å². The van der Waals surface area contributed by atoms with Gasteiger partial charge in [0.05, 0.1) is 34.8 Å². The van der Waals surface area contributed by atoms with Gasteiger partial charge in [0.1, 0.15) is 0 Å². The molecule has 2 heterocycles. The number of ketones is 2. The van der Waals surface area contributed by atoms with Crippen LogP contribution in [0.25, 0.3) is 20.2 Å². The second kappa shape index (κ2) is 15.4. The second-order valence-electron chi connectivity index (χ2n) is 10.4. The summed E-state index contributed by atoms with van der Waals surface area (Å²) in [6.45, 7) is -3.71. The van der Waals surface area contributed by atoms with E-state index >= 15 is 0 Å². The van der Waals surface area contributed by atoms with E-state index in [0.29, 0.717) is 20.2 Å². The van der Waals surface area contributed by atoms with E-state index in [1.54, 1.807) is 0 Å². The van der Waals surface area contributed by atoms with Crippen LogP contribution < -0.4 is 18.9 Å². The van der Waals surface area contributed by atoms with Crippen molar-refractivity contribution in [3.05, 3.63) is 46.2 Å². The SMILES string of the molecule is C[C@@H](CC(=O)c1cc2cc(OCCCOc3cc4cc(C(=O)C[C@H](C)C(=O)O)sc4cc3OC(F)F)c(OC(F)F)cc2s1)C(=O)O. The lowest BCUT2D eigenvalue weighted by Gasteiger charge is -2.14. The number of halogens is 4. The molecule has 2 atom stereocenters. The van der Waals surface area contributed by atoms with Crippen LogP contribution in [0.4, 0.5) is 17.6 Å². The molecule has 0 fully saturated rings. The van der Waals surface area contributed by atoms with Gasteiger partial charge >= 0.3 is 25.2 Å². The highest BCUT2D eigenvalue weighted by Crippen LogP contribution is 2.40. The molecule has 0 amide bonds. The number of carbonyl (C=O) groups is 4. The lowest BCUT2D eigenvalue weighted by atomic mass is 10.0. The van der Waals surface area contributed by atoms with Gasteiger partial charge in [-0.25, -0.2) is 0 Å². The maximum absolute atomic E-state index is 13.1. The number of rotatable bonds is 18. The van der Waals surface area contributed by atoms with Gasteiger partial charge in [-0.15, -0.1) is 22.7 Å². The van der Waals surface area contributed by atoms with Crippen LogP contribution in [-0.2, 0) is 9.59 Å². The summed E-state index contributed by atoms with van der Waals surface area (Å²) in [5.74, 6) is -5.56. The molecule has 0 spiro atoms. The number of fused-ring (bicyclic) bond motifs is 2. The topological polar surface area (TPSA) is 146 Å². The van der Waals surface area contributed by atoms with Crippen molar-refractivity contribution in [2.45, 2.75) is 46.3 Å². The summed E-state index contributed by atoms with van der Waals surface area (Å²) in [5, 5.41) is 19.1. The Balaban J connectivity index is 1.45. The zero-order chi connectivity index (χ0) is 34.4. The van der Waals surface area contributed by atoms with Crippen molar-refractivity contribution < 1.29 is 65.9 Å². The van der Waals surface area contributed by atoms with Gasteiger partial charge in [-0.05, 0) is 35.0 Å². The molecule has 2 aromatic heterocycles.